The number of hydrogen-bond acceptors (Lipinski definition) is 2. The maximum absolute atomic E-state index is 5.89. The van der Waals surface area contributed by atoms with Gasteiger partial charge in [0.05, 0.1) is 12.2 Å². The van der Waals surface area contributed by atoms with E-state index in [2.05, 4.69) is 43.0 Å². The predicted octanol–water partition coefficient (Wildman–Crippen LogP) is 2.82. The SMILES string of the molecule is Cc1cccc(CN2CC(C)OC(CCl)C2)c1. The minimum Gasteiger partial charge on any atom is -0.371 e. The molecular weight excluding hydrogens is 234 g/mol. The van der Waals surface area contributed by atoms with Crippen LogP contribution in [0.1, 0.15) is 18.1 Å². The highest BCUT2D eigenvalue weighted by molar-refractivity contribution is 6.18. The zero-order chi connectivity index (χ0) is 12.3. The molecule has 1 saturated heterocycles. The van der Waals surface area contributed by atoms with Crippen LogP contribution in [0.2, 0.25) is 0 Å². The summed E-state index contributed by atoms with van der Waals surface area (Å²) in [6, 6.07) is 8.68. The molecule has 0 radical (unpaired) electrons. The van der Waals surface area contributed by atoms with Crippen LogP contribution < -0.4 is 0 Å². The van der Waals surface area contributed by atoms with Gasteiger partial charge in [-0.2, -0.15) is 0 Å². The van der Waals surface area contributed by atoms with E-state index in [0.717, 1.165) is 19.6 Å². The number of halogens is 1. The second-order valence-electron chi connectivity index (χ2n) is 4.91. The summed E-state index contributed by atoms with van der Waals surface area (Å²) < 4.78 is 5.75. The Bertz CT molecular complexity index is 369. The van der Waals surface area contributed by atoms with E-state index in [1.807, 2.05) is 0 Å². The van der Waals surface area contributed by atoms with Gasteiger partial charge in [-0.3, -0.25) is 4.90 Å². The first-order valence-corrected chi connectivity index (χ1v) is 6.70. The molecule has 1 aromatic carbocycles. The van der Waals surface area contributed by atoms with Crippen LogP contribution in [0.3, 0.4) is 0 Å². The molecule has 2 nitrogen and oxygen atoms in total. The fraction of sp³-hybridized carbons (Fsp3) is 0.571. The van der Waals surface area contributed by atoms with Crippen molar-refractivity contribution in [2.45, 2.75) is 32.6 Å². The zero-order valence-corrected chi connectivity index (χ0v) is 11.3. The van der Waals surface area contributed by atoms with Crippen molar-refractivity contribution in [3.05, 3.63) is 35.4 Å². The smallest absolute Gasteiger partial charge is 0.0841 e. The molecule has 1 aliphatic rings. The van der Waals surface area contributed by atoms with E-state index in [-0.39, 0.29) is 12.2 Å². The maximum atomic E-state index is 5.89. The van der Waals surface area contributed by atoms with Crippen LogP contribution in [-0.4, -0.2) is 36.1 Å². The van der Waals surface area contributed by atoms with Gasteiger partial charge in [0.2, 0.25) is 0 Å². The second-order valence-corrected chi connectivity index (χ2v) is 5.21. The lowest BCUT2D eigenvalue weighted by atomic mass is 10.1. The number of alkyl halides is 1. The van der Waals surface area contributed by atoms with Crippen LogP contribution in [0.15, 0.2) is 24.3 Å². The molecule has 0 amide bonds. The highest BCUT2D eigenvalue weighted by Crippen LogP contribution is 2.15. The van der Waals surface area contributed by atoms with Gasteiger partial charge in [0.15, 0.2) is 0 Å². The molecule has 0 bridgehead atoms. The molecule has 1 aliphatic heterocycles. The van der Waals surface area contributed by atoms with Crippen molar-refractivity contribution < 1.29 is 4.74 Å². The Balaban J connectivity index is 1.98. The normalized spacial score (nSPS) is 26.1. The Morgan fingerprint density at radius 1 is 1.41 bits per heavy atom. The van der Waals surface area contributed by atoms with Crippen molar-refractivity contribution in [3.8, 4) is 0 Å². The molecule has 2 rings (SSSR count). The summed E-state index contributed by atoms with van der Waals surface area (Å²) >= 11 is 5.89. The van der Waals surface area contributed by atoms with Crippen LogP contribution in [0.4, 0.5) is 0 Å². The first kappa shape index (κ1) is 12.9. The standard InChI is InChI=1S/C14H20ClNO/c1-11-4-3-5-13(6-11)9-16-8-12(2)17-14(7-15)10-16/h3-6,12,14H,7-10H2,1-2H3. The molecular formula is C14H20ClNO. The molecule has 0 spiro atoms. The van der Waals surface area contributed by atoms with Gasteiger partial charge >= 0.3 is 0 Å². The molecule has 0 saturated carbocycles. The van der Waals surface area contributed by atoms with Crippen LogP contribution in [0, 0.1) is 6.92 Å². The van der Waals surface area contributed by atoms with E-state index in [9.17, 15) is 0 Å². The van der Waals surface area contributed by atoms with Crippen LogP contribution >= 0.6 is 11.6 Å². The lowest BCUT2D eigenvalue weighted by Gasteiger charge is -2.36. The van der Waals surface area contributed by atoms with Crippen LogP contribution in [0.5, 0.6) is 0 Å². The summed E-state index contributed by atoms with van der Waals surface area (Å²) in [5.41, 5.74) is 2.69. The first-order valence-electron chi connectivity index (χ1n) is 6.16. The van der Waals surface area contributed by atoms with E-state index in [1.165, 1.54) is 11.1 Å². The van der Waals surface area contributed by atoms with Crippen molar-refractivity contribution in [2.75, 3.05) is 19.0 Å². The molecule has 3 heteroatoms. The number of benzene rings is 1. The van der Waals surface area contributed by atoms with Gasteiger partial charge in [0, 0.05) is 25.5 Å². The largest absolute Gasteiger partial charge is 0.371 e. The molecule has 17 heavy (non-hydrogen) atoms. The minimum atomic E-state index is 0.172. The average molecular weight is 254 g/mol. The topological polar surface area (TPSA) is 12.5 Å². The van der Waals surface area contributed by atoms with E-state index in [4.69, 9.17) is 16.3 Å². The van der Waals surface area contributed by atoms with Gasteiger partial charge in [-0.25, -0.2) is 0 Å². The number of morpholine rings is 1. The van der Waals surface area contributed by atoms with E-state index >= 15 is 0 Å². The fourth-order valence-electron chi connectivity index (χ4n) is 2.42. The highest BCUT2D eigenvalue weighted by atomic mass is 35.5. The maximum Gasteiger partial charge on any atom is 0.0841 e. The van der Waals surface area contributed by atoms with Gasteiger partial charge in [0.1, 0.15) is 0 Å². The molecule has 2 atom stereocenters. The van der Waals surface area contributed by atoms with Gasteiger partial charge < -0.3 is 4.74 Å². The molecule has 0 aromatic heterocycles. The monoisotopic (exact) mass is 253 g/mol. The van der Waals surface area contributed by atoms with Gasteiger partial charge in [-0.15, -0.1) is 11.6 Å². The van der Waals surface area contributed by atoms with Crippen molar-refractivity contribution in [1.29, 1.82) is 0 Å². The molecule has 1 aromatic rings. The van der Waals surface area contributed by atoms with Crippen LogP contribution in [-0.2, 0) is 11.3 Å². The summed E-state index contributed by atoms with van der Waals surface area (Å²) in [7, 11) is 0. The summed E-state index contributed by atoms with van der Waals surface area (Å²) in [6.45, 7) is 7.15. The molecule has 0 aliphatic carbocycles. The number of ether oxygens (including phenoxy) is 1. The first-order chi connectivity index (χ1) is 8.17. The van der Waals surface area contributed by atoms with Gasteiger partial charge in [-0.1, -0.05) is 29.8 Å². The average Bonchev–Trinajstić information content (AvgIpc) is 2.28. The minimum absolute atomic E-state index is 0.172. The van der Waals surface area contributed by atoms with Crippen molar-refractivity contribution in [3.63, 3.8) is 0 Å². The predicted molar refractivity (Wildman–Crippen MR) is 71.5 cm³/mol. The highest BCUT2D eigenvalue weighted by Gasteiger charge is 2.24. The van der Waals surface area contributed by atoms with Crippen molar-refractivity contribution in [1.82, 2.24) is 4.90 Å². The summed E-state index contributed by atoms with van der Waals surface area (Å²) in [6.07, 6.45) is 0.447. The third-order valence-corrected chi connectivity index (χ3v) is 3.41. The zero-order valence-electron chi connectivity index (χ0n) is 10.5. The number of hydrogen-bond donors (Lipinski definition) is 0. The number of nitrogens with zero attached hydrogens (tertiary/aromatic N) is 1. The van der Waals surface area contributed by atoms with Gasteiger partial charge in [-0.05, 0) is 19.4 Å². The molecule has 94 valence electrons. The number of rotatable bonds is 3. The lowest BCUT2D eigenvalue weighted by molar-refractivity contribution is -0.0688. The van der Waals surface area contributed by atoms with Gasteiger partial charge in [0.25, 0.3) is 0 Å². The summed E-state index contributed by atoms with van der Waals surface area (Å²) in [4.78, 5) is 2.43. The third-order valence-electron chi connectivity index (χ3n) is 3.06. The van der Waals surface area contributed by atoms with Crippen LogP contribution in [0.25, 0.3) is 0 Å². The Morgan fingerprint density at radius 3 is 2.94 bits per heavy atom. The quantitative estimate of drug-likeness (QED) is 0.768. The van der Waals surface area contributed by atoms with Crippen molar-refractivity contribution in [2.24, 2.45) is 0 Å². The Labute approximate surface area is 109 Å². The molecule has 1 fully saturated rings. The van der Waals surface area contributed by atoms with E-state index < -0.39 is 0 Å². The Hall–Kier alpha value is -0.570. The summed E-state index contributed by atoms with van der Waals surface area (Å²) in [5, 5.41) is 0. The summed E-state index contributed by atoms with van der Waals surface area (Å²) in [5.74, 6) is 0.578. The van der Waals surface area contributed by atoms with E-state index in [0.29, 0.717) is 5.88 Å². The van der Waals surface area contributed by atoms with Crippen molar-refractivity contribution >= 4 is 11.6 Å². The third kappa shape index (κ3) is 3.70. The number of aryl methyl sites for hydroxylation is 1. The lowest BCUT2D eigenvalue weighted by Crippen LogP contribution is -2.46. The Morgan fingerprint density at radius 2 is 2.24 bits per heavy atom. The fourth-order valence-corrected chi connectivity index (χ4v) is 2.59. The molecule has 0 N–H and O–H groups in total. The second kappa shape index (κ2) is 5.85. The Kier molecular flexibility index (Phi) is 4.43. The molecule has 1 heterocycles. The molecule has 2 unspecified atom stereocenters. The van der Waals surface area contributed by atoms with E-state index in [1.54, 1.807) is 0 Å².